The molecule has 4 rings (SSSR count). The largest absolute Gasteiger partial charge is 0.496 e. The van der Waals surface area contributed by atoms with Gasteiger partial charge in [-0.25, -0.2) is 0 Å². The number of benzene rings is 3. The molecule has 2 N–H and O–H groups in total. The van der Waals surface area contributed by atoms with Crippen LogP contribution in [0.1, 0.15) is 26.3 Å². The van der Waals surface area contributed by atoms with E-state index in [4.69, 9.17) is 21.1 Å². The zero-order valence-electron chi connectivity index (χ0n) is 19.5. The average Bonchev–Trinajstić information content (AvgIpc) is 2.88. The first kappa shape index (κ1) is 24.7. The Morgan fingerprint density at radius 3 is 2.60 bits per heavy atom. The molecule has 1 fully saturated rings. The molecule has 1 atom stereocenters. The molecule has 7 nitrogen and oxygen atoms in total. The topological polar surface area (TPSA) is 79.9 Å². The van der Waals surface area contributed by atoms with Gasteiger partial charge in [0.05, 0.1) is 36.6 Å². The fourth-order valence-corrected chi connectivity index (χ4v) is 4.20. The number of halogens is 1. The first-order valence-corrected chi connectivity index (χ1v) is 11.8. The van der Waals surface area contributed by atoms with E-state index in [0.717, 1.165) is 13.1 Å². The van der Waals surface area contributed by atoms with E-state index in [-0.39, 0.29) is 12.0 Å². The quantitative estimate of drug-likeness (QED) is 0.491. The van der Waals surface area contributed by atoms with Crippen LogP contribution in [0.15, 0.2) is 72.8 Å². The number of anilines is 1. The molecule has 1 aliphatic rings. The van der Waals surface area contributed by atoms with Gasteiger partial charge in [0.1, 0.15) is 5.75 Å². The number of carbonyl (C=O) groups is 2. The first-order valence-electron chi connectivity index (χ1n) is 11.4. The maximum Gasteiger partial charge on any atom is 0.259 e. The van der Waals surface area contributed by atoms with Crippen LogP contribution in [0.25, 0.3) is 0 Å². The van der Waals surface area contributed by atoms with Gasteiger partial charge in [0, 0.05) is 31.2 Å². The molecule has 3 aromatic rings. The van der Waals surface area contributed by atoms with E-state index in [1.54, 1.807) is 42.5 Å². The minimum atomic E-state index is -0.397. The van der Waals surface area contributed by atoms with Crippen molar-refractivity contribution in [2.45, 2.75) is 12.6 Å². The normalized spacial score (nSPS) is 15.9. The Hall–Kier alpha value is -3.39. The van der Waals surface area contributed by atoms with Gasteiger partial charge in [-0.1, -0.05) is 54.1 Å². The molecule has 182 valence electrons. The Morgan fingerprint density at radius 2 is 1.80 bits per heavy atom. The van der Waals surface area contributed by atoms with Crippen LogP contribution in [0, 0.1) is 0 Å². The molecule has 1 unspecified atom stereocenters. The maximum atomic E-state index is 13.0. The number of ether oxygens (including phenoxy) is 2. The van der Waals surface area contributed by atoms with Gasteiger partial charge in [-0.2, -0.15) is 0 Å². The molecule has 1 aliphatic heterocycles. The molecule has 0 aliphatic carbocycles. The van der Waals surface area contributed by atoms with Crippen molar-refractivity contribution in [3.05, 3.63) is 94.5 Å². The summed E-state index contributed by atoms with van der Waals surface area (Å²) in [6.45, 7) is 3.36. The Morgan fingerprint density at radius 1 is 1.03 bits per heavy atom. The van der Waals surface area contributed by atoms with Crippen LogP contribution in [0.5, 0.6) is 5.75 Å². The molecular weight excluding hydrogens is 466 g/mol. The standard InChI is InChI=1S/C27H28ClN3O4/c1-34-25-10-6-5-9-23(25)27(33)30-24-15-20(28)11-12-22(24)26(32)29-16-21-18-31(13-14-35-21)17-19-7-3-2-4-8-19/h2-12,15,21H,13-14,16-18H2,1H3,(H,29,32)(H,30,33). The summed E-state index contributed by atoms with van der Waals surface area (Å²) in [5.41, 5.74) is 2.24. The van der Waals surface area contributed by atoms with Gasteiger partial charge in [0.15, 0.2) is 0 Å². The number of nitrogens with one attached hydrogen (secondary N) is 2. The molecule has 0 radical (unpaired) electrons. The number of para-hydroxylation sites is 1. The molecule has 0 bridgehead atoms. The van der Waals surface area contributed by atoms with Crippen molar-refractivity contribution >= 4 is 29.1 Å². The Kier molecular flexibility index (Phi) is 8.36. The summed E-state index contributed by atoms with van der Waals surface area (Å²) < 4.78 is 11.1. The smallest absolute Gasteiger partial charge is 0.259 e. The highest BCUT2D eigenvalue weighted by Gasteiger charge is 2.22. The van der Waals surface area contributed by atoms with Crippen molar-refractivity contribution in [2.24, 2.45) is 0 Å². The van der Waals surface area contributed by atoms with Crippen molar-refractivity contribution in [3.63, 3.8) is 0 Å². The summed E-state index contributed by atoms with van der Waals surface area (Å²) in [5, 5.41) is 6.14. The molecule has 1 heterocycles. The molecule has 0 aromatic heterocycles. The van der Waals surface area contributed by atoms with E-state index in [2.05, 4.69) is 27.7 Å². The van der Waals surface area contributed by atoms with Crippen molar-refractivity contribution < 1.29 is 19.1 Å². The molecule has 35 heavy (non-hydrogen) atoms. The Balaban J connectivity index is 1.39. The zero-order chi connectivity index (χ0) is 24.6. The summed E-state index contributed by atoms with van der Waals surface area (Å²) in [4.78, 5) is 28.2. The minimum Gasteiger partial charge on any atom is -0.496 e. The van der Waals surface area contributed by atoms with Gasteiger partial charge < -0.3 is 20.1 Å². The fourth-order valence-electron chi connectivity index (χ4n) is 4.03. The third-order valence-corrected chi connectivity index (χ3v) is 6.02. The molecule has 0 spiro atoms. The Bertz CT molecular complexity index is 1170. The lowest BCUT2D eigenvalue weighted by molar-refractivity contribution is -0.0292. The van der Waals surface area contributed by atoms with E-state index in [9.17, 15) is 9.59 Å². The number of rotatable bonds is 8. The zero-order valence-corrected chi connectivity index (χ0v) is 20.3. The van der Waals surface area contributed by atoms with E-state index in [1.165, 1.54) is 12.7 Å². The Labute approximate surface area is 210 Å². The lowest BCUT2D eigenvalue weighted by Crippen LogP contribution is -2.47. The predicted molar refractivity (Wildman–Crippen MR) is 136 cm³/mol. The lowest BCUT2D eigenvalue weighted by Gasteiger charge is -2.33. The number of nitrogens with zero attached hydrogens (tertiary/aromatic N) is 1. The van der Waals surface area contributed by atoms with Crippen LogP contribution in [0.4, 0.5) is 5.69 Å². The van der Waals surface area contributed by atoms with Crippen molar-refractivity contribution in [3.8, 4) is 5.75 Å². The molecule has 1 saturated heterocycles. The second-order valence-electron chi connectivity index (χ2n) is 8.27. The summed E-state index contributed by atoms with van der Waals surface area (Å²) >= 11 is 6.16. The van der Waals surface area contributed by atoms with Gasteiger partial charge in [-0.05, 0) is 35.9 Å². The van der Waals surface area contributed by atoms with E-state index < -0.39 is 5.91 Å². The van der Waals surface area contributed by atoms with Crippen molar-refractivity contribution in [1.29, 1.82) is 0 Å². The summed E-state index contributed by atoms with van der Waals surface area (Å²) in [5.74, 6) is -0.278. The SMILES string of the molecule is COc1ccccc1C(=O)Nc1cc(Cl)ccc1C(=O)NCC1CN(Cc2ccccc2)CCO1. The summed E-state index contributed by atoms with van der Waals surface area (Å²) in [7, 11) is 1.50. The van der Waals surface area contributed by atoms with Gasteiger partial charge in [-0.3, -0.25) is 14.5 Å². The number of hydrogen-bond acceptors (Lipinski definition) is 5. The second-order valence-corrected chi connectivity index (χ2v) is 8.70. The fraction of sp³-hybridized carbons (Fsp3) is 0.259. The van der Waals surface area contributed by atoms with Gasteiger partial charge in [-0.15, -0.1) is 0 Å². The number of hydrogen-bond donors (Lipinski definition) is 2. The van der Waals surface area contributed by atoms with Crippen LogP contribution in [-0.4, -0.2) is 56.2 Å². The molecule has 0 saturated carbocycles. The van der Waals surface area contributed by atoms with Gasteiger partial charge >= 0.3 is 0 Å². The number of methoxy groups -OCH3 is 1. The highest BCUT2D eigenvalue weighted by Crippen LogP contribution is 2.24. The summed E-state index contributed by atoms with van der Waals surface area (Å²) in [6, 6.07) is 21.9. The van der Waals surface area contributed by atoms with E-state index in [1.807, 2.05) is 18.2 Å². The minimum absolute atomic E-state index is 0.129. The van der Waals surface area contributed by atoms with Crippen LogP contribution in [-0.2, 0) is 11.3 Å². The van der Waals surface area contributed by atoms with E-state index >= 15 is 0 Å². The third kappa shape index (κ3) is 6.60. The van der Waals surface area contributed by atoms with Gasteiger partial charge in [0.25, 0.3) is 11.8 Å². The molecule has 8 heteroatoms. The third-order valence-electron chi connectivity index (χ3n) is 5.79. The van der Waals surface area contributed by atoms with E-state index in [0.29, 0.717) is 47.3 Å². The molecular formula is C27H28ClN3O4. The summed E-state index contributed by atoms with van der Waals surface area (Å²) in [6.07, 6.45) is -0.129. The maximum absolute atomic E-state index is 13.0. The number of amides is 2. The van der Waals surface area contributed by atoms with Crippen LogP contribution in [0.2, 0.25) is 5.02 Å². The highest BCUT2D eigenvalue weighted by atomic mass is 35.5. The lowest BCUT2D eigenvalue weighted by atomic mass is 10.1. The average molecular weight is 494 g/mol. The monoisotopic (exact) mass is 493 g/mol. The predicted octanol–water partition coefficient (Wildman–Crippen LogP) is 4.23. The van der Waals surface area contributed by atoms with Gasteiger partial charge in [0.2, 0.25) is 0 Å². The second kappa shape index (κ2) is 11.8. The molecule has 3 aromatic carbocycles. The van der Waals surface area contributed by atoms with Crippen molar-refractivity contribution in [2.75, 3.05) is 38.7 Å². The number of carbonyl (C=O) groups excluding carboxylic acids is 2. The molecule has 2 amide bonds. The van der Waals surface area contributed by atoms with Crippen molar-refractivity contribution in [1.82, 2.24) is 10.2 Å². The van der Waals surface area contributed by atoms with Crippen LogP contribution < -0.4 is 15.4 Å². The highest BCUT2D eigenvalue weighted by molar-refractivity contribution is 6.31. The van der Waals surface area contributed by atoms with Crippen LogP contribution >= 0.6 is 11.6 Å². The number of morpholine rings is 1. The first-order chi connectivity index (χ1) is 17.0. The van der Waals surface area contributed by atoms with Crippen LogP contribution in [0.3, 0.4) is 0 Å².